The van der Waals surface area contributed by atoms with Crippen molar-refractivity contribution in [1.29, 1.82) is 0 Å². The summed E-state index contributed by atoms with van der Waals surface area (Å²) in [5, 5.41) is 2.42. The smallest absolute Gasteiger partial charge is 0.212 e. The molecule has 110 valence electrons. The number of hydrogen-bond donors (Lipinski definition) is 2. The SMILES string of the molecule is NC(N)=Nc1nc(-c2ccccc2Oc2ccccc2)cs1. The number of aliphatic imine (C=N–C) groups is 1. The lowest BCUT2D eigenvalue weighted by Crippen LogP contribution is -2.21. The first-order valence-electron chi connectivity index (χ1n) is 6.60. The third kappa shape index (κ3) is 3.24. The molecule has 0 aliphatic rings. The summed E-state index contributed by atoms with van der Waals surface area (Å²) in [5.74, 6) is 1.50. The Morgan fingerprint density at radius 3 is 2.50 bits per heavy atom. The van der Waals surface area contributed by atoms with Crippen molar-refractivity contribution in [1.82, 2.24) is 4.98 Å². The number of aromatic nitrogens is 1. The van der Waals surface area contributed by atoms with Gasteiger partial charge in [0.1, 0.15) is 11.5 Å². The second-order valence-electron chi connectivity index (χ2n) is 4.46. The number of ether oxygens (including phenoxy) is 1. The number of thiazole rings is 1. The Bertz CT molecular complexity index is 795. The van der Waals surface area contributed by atoms with Crippen molar-refractivity contribution in [2.75, 3.05) is 0 Å². The molecule has 0 aliphatic heterocycles. The highest BCUT2D eigenvalue weighted by Crippen LogP contribution is 2.35. The molecule has 0 radical (unpaired) electrons. The summed E-state index contributed by atoms with van der Waals surface area (Å²) in [6.07, 6.45) is 0. The van der Waals surface area contributed by atoms with Gasteiger partial charge in [0.05, 0.1) is 5.69 Å². The Labute approximate surface area is 131 Å². The van der Waals surface area contributed by atoms with Gasteiger partial charge < -0.3 is 16.2 Å². The van der Waals surface area contributed by atoms with Crippen LogP contribution in [0.15, 0.2) is 65.0 Å². The van der Waals surface area contributed by atoms with E-state index in [-0.39, 0.29) is 5.96 Å². The minimum absolute atomic E-state index is 0.00489. The normalized spacial score (nSPS) is 10.2. The van der Waals surface area contributed by atoms with Crippen molar-refractivity contribution in [3.8, 4) is 22.8 Å². The summed E-state index contributed by atoms with van der Waals surface area (Å²) in [6.45, 7) is 0. The van der Waals surface area contributed by atoms with Gasteiger partial charge in [-0.15, -0.1) is 11.3 Å². The molecule has 0 saturated heterocycles. The van der Waals surface area contributed by atoms with Crippen molar-refractivity contribution in [3.05, 3.63) is 60.0 Å². The fraction of sp³-hybridized carbons (Fsp3) is 0. The molecule has 4 N–H and O–H groups in total. The predicted molar refractivity (Wildman–Crippen MR) is 89.5 cm³/mol. The number of nitrogens with zero attached hydrogens (tertiary/aromatic N) is 2. The summed E-state index contributed by atoms with van der Waals surface area (Å²) in [4.78, 5) is 8.37. The zero-order chi connectivity index (χ0) is 15.4. The first-order chi connectivity index (χ1) is 10.7. The highest BCUT2D eigenvalue weighted by molar-refractivity contribution is 7.13. The lowest BCUT2D eigenvalue weighted by Gasteiger charge is -2.09. The van der Waals surface area contributed by atoms with E-state index in [2.05, 4.69) is 9.98 Å². The van der Waals surface area contributed by atoms with Gasteiger partial charge in [0.2, 0.25) is 5.13 Å². The van der Waals surface area contributed by atoms with E-state index in [0.717, 1.165) is 22.8 Å². The summed E-state index contributed by atoms with van der Waals surface area (Å²) < 4.78 is 5.93. The molecule has 1 aromatic heterocycles. The maximum atomic E-state index is 5.93. The number of nitrogens with two attached hydrogens (primary N) is 2. The summed E-state index contributed by atoms with van der Waals surface area (Å²) in [6, 6.07) is 17.3. The number of guanidine groups is 1. The topological polar surface area (TPSA) is 86.5 Å². The molecule has 0 aliphatic carbocycles. The van der Waals surface area contributed by atoms with Gasteiger partial charge in [-0.2, -0.15) is 4.99 Å². The van der Waals surface area contributed by atoms with Gasteiger partial charge in [0.25, 0.3) is 0 Å². The standard InChI is InChI=1S/C16H14N4OS/c17-15(18)20-16-19-13(10-22-16)12-8-4-5-9-14(12)21-11-6-2-1-3-7-11/h1-10H,(H4,17,18,19,20). The van der Waals surface area contributed by atoms with Gasteiger partial charge in [-0.3, -0.25) is 0 Å². The third-order valence-corrected chi connectivity index (χ3v) is 3.59. The van der Waals surface area contributed by atoms with Gasteiger partial charge in [0, 0.05) is 10.9 Å². The Hall–Kier alpha value is -2.86. The van der Waals surface area contributed by atoms with Crippen LogP contribution in [0.5, 0.6) is 11.5 Å². The van der Waals surface area contributed by atoms with E-state index in [1.807, 2.05) is 60.0 Å². The first kappa shape index (κ1) is 14.1. The maximum Gasteiger partial charge on any atom is 0.212 e. The molecule has 0 fully saturated rings. The quantitative estimate of drug-likeness (QED) is 0.570. The molecule has 2 aromatic carbocycles. The molecule has 0 bridgehead atoms. The predicted octanol–water partition coefficient (Wildman–Crippen LogP) is 3.51. The van der Waals surface area contributed by atoms with Crippen molar-refractivity contribution in [2.24, 2.45) is 16.5 Å². The van der Waals surface area contributed by atoms with Crippen LogP contribution in [0.2, 0.25) is 0 Å². The molecule has 0 spiro atoms. The molecule has 0 saturated carbocycles. The van der Waals surface area contributed by atoms with Gasteiger partial charge in [-0.1, -0.05) is 30.3 Å². The molecule has 0 unspecified atom stereocenters. The van der Waals surface area contributed by atoms with E-state index in [1.54, 1.807) is 0 Å². The molecule has 0 amide bonds. The highest BCUT2D eigenvalue weighted by Gasteiger charge is 2.10. The molecule has 3 rings (SSSR count). The number of rotatable bonds is 4. The molecule has 6 heteroatoms. The summed E-state index contributed by atoms with van der Waals surface area (Å²) >= 11 is 1.37. The van der Waals surface area contributed by atoms with Crippen LogP contribution in [0.4, 0.5) is 5.13 Å². The molecular formula is C16H14N4OS. The Kier molecular flexibility index (Phi) is 4.02. The second kappa shape index (κ2) is 6.28. The van der Waals surface area contributed by atoms with E-state index in [4.69, 9.17) is 16.2 Å². The zero-order valence-corrected chi connectivity index (χ0v) is 12.5. The Balaban J connectivity index is 1.94. The van der Waals surface area contributed by atoms with Crippen LogP contribution in [0.1, 0.15) is 0 Å². The van der Waals surface area contributed by atoms with E-state index in [9.17, 15) is 0 Å². The zero-order valence-electron chi connectivity index (χ0n) is 11.6. The second-order valence-corrected chi connectivity index (χ2v) is 5.30. The van der Waals surface area contributed by atoms with Crippen LogP contribution in [-0.2, 0) is 0 Å². The van der Waals surface area contributed by atoms with E-state index in [1.165, 1.54) is 11.3 Å². The van der Waals surface area contributed by atoms with E-state index < -0.39 is 0 Å². The highest BCUT2D eigenvalue weighted by atomic mass is 32.1. The van der Waals surface area contributed by atoms with Crippen molar-refractivity contribution >= 4 is 22.4 Å². The minimum Gasteiger partial charge on any atom is -0.457 e. The van der Waals surface area contributed by atoms with Crippen LogP contribution >= 0.6 is 11.3 Å². The molecule has 5 nitrogen and oxygen atoms in total. The first-order valence-corrected chi connectivity index (χ1v) is 7.48. The van der Waals surface area contributed by atoms with Crippen molar-refractivity contribution in [3.63, 3.8) is 0 Å². The largest absolute Gasteiger partial charge is 0.457 e. The Morgan fingerprint density at radius 2 is 1.73 bits per heavy atom. The van der Waals surface area contributed by atoms with Crippen LogP contribution in [0, 0.1) is 0 Å². The van der Waals surface area contributed by atoms with E-state index in [0.29, 0.717) is 5.13 Å². The van der Waals surface area contributed by atoms with E-state index >= 15 is 0 Å². The molecule has 22 heavy (non-hydrogen) atoms. The van der Waals surface area contributed by atoms with Crippen LogP contribution in [0.25, 0.3) is 11.3 Å². The van der Waals surface area contributed by atoms with Crippen molar-refractivity contribution < 1.29 is 4.74 Å². The number of para-hydroxylation sites is 2. The van der Waals surface area contributed by atoms with Gasteiger partial charge in [0.15, 0.2) is 5.96 Å². The summed E-state index contributed by atoms with van der Waals surface area (Å²) in [5.41, 5.74) is 12.4. The fourth-order valence-electron chi connectivity index (χ4n) is 1.93. The number of benzene rings is 2. The summed E-state index contributed by atoms with van der Waals surface area (Å²) in [7, 11) is 0. The fourth-order valence-corrected chi connectivity index (χ4v) is 2.64. The lowest BCUT2D eigenvalue weighted by atomic mass is 10.1. The molecular weight excluding hydrogens is 296 g/mol. The van der Waals surface area contributed by atoms with Crippen LogP contribution < -0.4 is 16.2 Å². The average molecular weight is 310 g/mol. The number of hydrogen-bond acceptors (Lipinski definition) is 4. The molecule has 3 aromatic rings. The van der Waals surface area contributed by atoms with Gasteiger partial charge in [-0.05, 0) is 24.3 Å². The van der Waals surface area contributed by atoms with Crippen LogP contribution in [0.3, 0.4) is 0 Å². The minimum atomic E-state index is -0.00489. The molecule has 1 heterocycles. The van der Waals surface area contributed by atoms with Gasteiger partial charge >= 0.3 is 0 Å². The van der Waals surface area contributed by atoms with Gasteiger partial charge in [-0.25, -0.2) is 4.98 Å². The van der Waals surface area contributed by atoms with Crippen molar-refractivity contribution in [2.45, 2.75) is 0 Å². The average Bonchev–Trinajstić information content (AvgIpc) is 2.96. The Morgan fingerprint density at radius 1 is 1.00 bits per heavy atom. The molecule has 0 atom stereocenters. The lowest BCUT2D eigenvalue weighted by molar-refractivity contribution is 0.484. The monoisotopic (exact) mass is 310 g/mol. The maximum absolute atomic E-state index is 5.93. The van der Waals surface area contributed by atoms with Crippen LogP contribution in [-0.4, -0.2) is 10.9 Å². The third-order valence-electron chi connectivity index (χ3n) is 2.85.